The van der Waals surface area contributed by atoms with Gasteiger partial charge in [0.1, 0.15) is 11.5 Å². The topological polar surface area (TPSA) is 28.4 Å². The van der Waals surface area contributed by atoms with E-state index in [0.717, 1.165) is 36.6 Å². The third-order valence-electron chi connectivity index (χ3n) is 4.76. The average Bonchev–Trinajstić information content (AvgIpc) is 3.22. The fraction of sp³-hybridized carbons (Fsp3) is 0.765. The number of likely N-dealkylation sites (tertiary alicyclic amines) is 1. The molecular formula is C17H28N2O. The van der Waals surface area contributed by atoms with Crippen LogP contribution in [0.1, 0.15) is 57.0 Å². The molecule has 1 saturated carbocycles. The van der Waals surface area contributed by atoms with Crippen LogP contribution in [0.4, 0.5) is 0 Å². The molecule has 1 aromatic heterocycles. The van der Waals surface area contributed by atoms with Crippen molar-refractivity contribution >= 4 is 0 Å². The third-order valence-corrected chi connectivity index (χ3v) is 4.76. The molecule has 0 amide bonds. The summed E-state index contributed by atoms with van der Waals surface area (Å²) in [4.78, 5) is 2.56. The van der Waals surface area contributed by atoms with Gasteiger partial charge >= 0.3 is 0 Å². The van der Waals surface area contributed by atoms with E-state index in [1.807, 2.05) is 0 Å². The van der Waals surface area contributed by atoms with E-state index in [9.17, 15) is 0 Å². The first-order valence-corrected chi connectivity index (χ1v) is 8.37. The fourth-order valence-electron chi connectivity index (χ4n) is 3.15. The Bertz CT molecular complexity index is 411. The quantitative estimate of drug-likeness (QED) is 0.861. The molecule has 2 heterocycles. The van der Waals surface area contributed by atoms with Gasteiger partial charge in [-0.1, -0.05) is 13.3 Å². The van der Waals surface area contributed by atoms with Crippen LogP contribution in [0.5, 0.6) is 0 Å². The lowest BCUT2D eigenvalue weighted by Gasteiger charge is -2.18. The molecule has 2 fully saturated rings. The number of furan rings is 1. The first kappa shape index (κ1) is 14.2. The summed E-state index contributed by atoms with van der Waals surface area (Å²) in [6.07, 6.45) is 8.11. The zero-order valence-corrected chi connectivity index (χ0v) is 12.7. The molecule has 1 N–H and O–H groups in total. The van der Waals surface area contributed by atoms with Crippen LogP contribution in [0.2, 0.25) is 0 Å². The molecule has 1 unspecified atom stereocenters. The summed E-state index contributed by atoms with van der Waals surface area (Å²) in [6.45, 7) is 6.66. The van der Waals surface area contributed by atoms with Crippen molar-refractivity contribution in [2.45, 2.75) is 64.6 Å². The minimum Gasteiger partial charge on any atom is -0.463 e. The molecular weight excluding hydrogens is 248 g/mol. The summed E-state index contributed by atoms with van der Waals surface area (Å²) < 4.78 is 5.95. The van der Waals surface area contributed by atoms with E-state index in [2.05, 4.69) is 29.3 Å². The number of hydrogen-bond donors (Lipinski definition) is 1. The highest BCUT2D eigenvalue weighted by Gasteiger charge is 2.21. The second kappa shape index (κ2) is 6.77. The Kier molecular flexibility index (Phi) is 4.79. The molecule has 3 nitrogen and oxygen atoms in total. The summed E-state index contributed by atoms with van der Waals surface area (Å²) in [7, 11) is 0. The van der Waals surface area contributed by atoms with Crippen LogP contribution in [0.25, 0.3) is 0 Å². The molecule has 0 spiro atoms. The summed E-state index contributed by atoms with van der Waals surface area (Å²) in [5.41, 5.74) is 0. The molecule has 0 aromatic carbocycles. The smallest absolute Gasteiger partial charge is 0.118 e. The highest BCUT2D eigenvalue weighted by Crippen LogP contribution is 2.22. The van der Waals surface area contributed by atoms with Crippen LogP contribution < -0.4 is 5.32 Å². The Labute approximate surface area is 122 Å². The van der Waals surface area contributed by atoms with Crippen LogP contribution in [0.15, 0.2) is 16.5 Å². The van der Waals surface area contributed by atoms with Gasteiger partial charge in [-0.15, -0.1) is 0 Å². The van der Waals surface area contributed by atoms with Gasteiger partial charge in [0, 0.05) is 6.04 Å². The van der Waals surface area contributed by atoms with Crippen LogP contribution in [0, 0.1) is 5.92 Å². The number of nitrogens with zero attached hydrogens (tertiary/aromatic N) is 1. The first-order chi connectivity index (χ1) is 9.83. The lowest BCUT2D eigenvalue weighted by atomic mass is 9.98. The van der Waals surface area contributed by atoms with Crippen molar-refractivity contribution in [1.29, 1.82) is 0 Å². The summed E-state index contributed by atoms with van der Waals surface area (Å²) in [6, 6.07) is 5.05. The molecule has 3 rings (SSSR count). The van der Waals surface area contributed by atoms with E-state index in [4.69, 9.17) is 4.42 Å². The Morgan fingerprint density at radius 2 is 2.00 bits per heavy atom. The average molecular weight is 276 g/mol. The minimum absolute atomic E-state index is 0.750. The van der Waals surface area contributed by atoms with Gasteiger partial charge in [-0.3, -0.25) is 4.90 Å². The molecule has 1 aromatic rings. The van der Waals surface area contributed by atoms with Gasteiger partial charge in [-0.05, 0) is 63.2 Å². The van der Waals surface area contributed by atoms with Crippen molar-refractivity contribution in [1.82, 2.24) is 10.2 Å². The number of nitrogens with one attached hydrogen (secondary N) is 1. The van der Waals surface area contributed by atoms with Crippen LogP contribution in [0.3, 0.4) is 0 Å². The maximum absolute atomic E-state index is 5.95. The van der Waals surface area contributed by atoms with Gasteiger partial charge < -0.3 is 9.73 Å². The van der Waals surface area contributed by atoms with Crippen LogP contribution in [-0.4, -0.2) is 24.0 Å². The molecule has 1 aliphatic carbocycles. The maximum Gasteiger partial charge on any atom is 0.118 e. The molecule has 0 bridgehead atoms. The van der Waals surface area contributed by atoms with Gasteiger partial charge in [0.25, 0.3) is 0 Å². The van der Waals surface area contributed by atoms with E-state index in [1.54, 1.807) is 0 Å². The predicted octanol–water partition coefficient (Wildman–Crippen LogP) is 3.54. The van der Waals surface area contributed by atoms with Crippen molar-refractivity contribution in [3.63, 3.8) is 0 Å². The summed E-state index contributed by atoms with van der Waals surface area (Å²) in [5, 5.41) is 3.51. The summed E-state index contributed by atoms with van der Waals surface area (Å²) in [5.74, 6) is 3.16. The van der Waals surface area contributed by atoms with Crippen molar-refractivity contribution in [3.8, 4) is 0 Å². The van der Waals surface area contributed by atoms with Gasteiger partial charge in [-0.25, -0.2) is 0 Å². The standard InChI is InChI=1S/C17H28N2O/c1-2-14-4-3-10-19(11-9-14)13-17-8-7-16(20-17)12-18-15-5-6-15/h7-8,14-15,18H,2-6,9-13H2,1H3. The lowest BCUT2D eigenvalue weighted by Crippen LogP contribution is -2.24. The SMILES string of the molecule is CCC1CCCN(Cc2ccc(CNC3CC3)o2)CC1. The minimum atomic E-state index is 0.750. The molecule has 0 radical (unpaired) electrons. The highest BCUT2D eigenvalue weighted by atomic mass is 16.3. The zero-order valence-electron chi connectivity index (χ0n) is 12.7. The van der Waals surface area contributed by atoms with Crippen molar-refractivity contribution in [2.24, 2.45) is 5.92 Å². The molecule has 20 heavy (non-hydrogen) atoms. The molecule has 1 aliphatic heterocycles. The molecule has 112 valence electrons. The maximum atomic E-state index is 5.95. The van der Waals surface area contributed by atoms with E-state index < -0.39 is 0 Å². The van der Waals surface area contributed by atoms with E-state index in [-0.39, 0.29) is 0 Å². The largest absolute Gasteiger partial charge is 0.463 e. The van der Waals surface area contributed by atoms with Gasteiger partial charge in [0.05, 0.1) is 13.1 Å². The third kappa shape index (κ3) is 4.10. The molecule has 1 saturated heterocycles. The second-order valence-corrected chi connectivity index (χ2v) is 6.50. The monoisotopic (exact) mass is 276 g/mol. The highest BCUT2D eigenvalue weighted by molar-refractivity contribution is 5.07. The normalized spacial score (nSPS) is 24.8. The Balaban J connectivity index is 1.46. The molecule has 1 atom stereocenters. The first-order valence-electron chi connectivity index (χ1n) is 8.37. The van der Waals surface area contributed by atoms with Gasteiger partial charge in [-0.2, -0.15) is 0 Å². The zero-order chi connectivity index (χ0) is 13.8. The Morgan fingerprint density at radius 1 is 1.15 bits per heavy atom. The van der Waals surface area contributed by atoms with Crippen molar-refractivity contribution in [3.05, 3.63) is 23.7 Å². The number of hydrogen-bond acceptors (Lipinski definition) is 3. The Hall–Kier alpha value is -0.800. The van der Waals surface area contributed by atoms with Gasteiger partial charge in [0.15, 0.2) is 0 Å². The van der Waals surface area contributed by atoms with Crippen LogP contribution in [-0.2, 0) is 13.1 Å². The second-order valence-electron chi connectivity index (χ2n) is 6.50. The van der Waals surface area contributed by atoms with E-state index in [0.29, 0.717) is 0 Å². The molecule has 2 aliphatic rings. The fourth-order valence-corrected chi connectivity index (χ4v) is 3.15. The van der Waals surface area contributed by atoms with E-state index in [1.165, 1.54) is 51.6 Å². The summed E-state index contributed by atoms with van der Waals surface area (Å²) >= 11 is 0. The van der Waals surface area contributed by atoms with Crippen LogP contribution >= 0.6 is 0 Å². The van der Waals surface area contributed by atoms with Gasteiger partial charge in [0.2, 0.25) is 0 Å². The predicted molar refractivity (Wildman–Crippen MR) is 81.5 cm³/mol. The number of rotatable bonds is 6. The van der Waals surface area contributed by atoms with Crippen molar-refractivity contribution in [2.75, 3.05) is 13.1 Å². The van der Waals surface area contributed by atoms with E-state index >= 15 is 0 Å². The Morgan fingerprint density at radius 3 is 2.80 bits per heavy atom. The lowest BCUT2D eigenvalue weighted by molar-refractivity contribution is 0.246. The van der Waals surface area contributed by atoms with Crippen molar-refractivity contribution < 1.29 is 4.42 Å². The molecule has 3 heteroatoms.